The molecule has 7 heteroatoms. The van der Waals surface area contributed by atoms with Crippen LogP contribution in [-0.4, -0.2) is 34.0 Å². The van der Waals surface area contributed by atoms with Crippen LogP contribution in [0.15, 0.2) is 24.3 Å². The first-order valence-corrected chi connectivity index (χ1v) is 9.26. The lowest BCUT2D eigenvalue weighted by molar-refractivity contribution is -0.125. The maximum absolute atomic E-state index is 15.2. The fraction of sp³-hybridized carbons (Fsp3) is 0.611. The summed E-state index contributed by atoms with van der Waals surface area (Å²) >= 11 is 0. The van der Waals surface area contributed by atoms with Crippen LogP contribution in [0.3, 0.4) is 0 Å². The molecule has 0 aromatic heterocycles. The van der Waals surface area contributed by atoms with Gasteiger partial charge in [-0.05, 0) is 33.3 Å². The second-order valence-corrected chi connectivity index (χ2v) is 9.06. The standard InChI is InChI=1S/C18H24F3NO2S/c1-6-17(12-25(23)16(2,3)4,14-9-7-8-10-15(14)19)18(20,21)11-24-13-22-5/h7-10H,6,11-13H2,1-4H3/t17-,25+/m1/s1. The van der Waals surface area contributed by atoms with Crippen LogP contribution in [0.5, 0.6) is 0 Å². The van der Waals surface area contributed by atoms with E-state index in [1.165, 1.54) is 25.1 Å². The largest absolute Gasteiger partial charge is 0.318 e. The van der Waals surface area contributed by atoms with Gasteiger partial charge in [-0.1, -0.05) is 25.1 Å². The molecule has 2 atom stereocenters. The third-order valence-corrected chi connectivity index (χ3v) is 6.31. The number of ether oxygens (including phenoxy) is 1. The minimum Gasteiger partial charge on any atom is -0.306 e. The van der Waals surface area contributed by atoms with Gasteiger partial charge in [0.25, 0.3) is 5.92 Å². The second-order valence-electron chi connectivity index (χ2n) is 6.86. The lowest BCUT2D eigenvalue weighted by Crippen LogP contribution is -2.53. The summed E-state index contributed by atoms with van der Waals surface area (Å²) in [5.41, 5.74) is -2.16. The van der Waals surface area contributed by atoms with E-state index in [2.05, 4.69) is 4.85 Å². The van der Waals surface area contributed by atoms with Crippen LogP contribution in [0.4, 0.5) is 13.2 Å². The van der Waals surface area contributed by atoms with E-state index < -0.39 is 51.8 Å². The van der Waals surface area contributed by atoms with E-state index in [4.69, 9.17) is 11.3 Å². The fourth-order valence-corrected chi connectivity index (χ4v) is 4.03. The Balaban J connectivity index is 3.46. The van der Waals surface area contributed by atoms with Crippen molar-refractivity contribution in [3.05, 3.63) is 47.1 Å². The SMILES string of the molecule is [C-]#[N+]COCC(F)(F)[C@](CC)(C[S@](=O)C(C)(C)C)c1ccccc1F. The number of hydrogen-bond acceptors (Lipinski definition) is 2. The summed E-state index contributed by atoms with van der Waals surface area (Å²) in [6.07, 6.45) is -0.121. The fourth-order valence-electron chi connectivity index (χ4n) is 2.58. The van der Waals surface area contributed by atoms with Crippen molar-refractivity contribution >= 4 is 10.8 Å². The van der Waals surface area contributed by atoms with Gasteiger partial charge in [0.15, 0.2) is 0 Å². The van der Waals surface area contributed by atoms with Gasteiger partial charge in [0.1, 0.15) is 12.4 Å². The van der Waals surface area contributed by atoms with Crippen LogP contribution in [0.2, 0.25) is 0 Å². The topological polar surface area (TPSA) is 30.7 Å². The van der Waals surface area contributed by atoms with Crippen LogP contribution >= 0.6 is 0 Å². The van der Waals surface area contributed by atoms with Crippen molar-refractivity contribution in [1.29, 1.82) is 0 Å². The Morgan fingerprint density at radius 3 is 2.32 bits per heavy atom. The van der Waals surface area contributed by atoms with Gasteiger partial charge >= 0.3 is 6.73 Å². The third-order valence-electron chi connectivity index (χ3n) is 4.19. The molecule has 0 fully saturated rings. The van der Waals surface area contributed by atoms with E-state index in [0.29, 0.717) is 0 Å². The number of rotatable bonds is 8. The molecule has 1 aromatic rings. The molecule has 0 spiro atoms. The Kier molecular flexibility index (Phi) is 7.21. The predicted molar refractivity (Wildman–Crippen MR) is 93.5 cm³/mol. The molecule has 0 N–H and O–H groups in total. The monoisotopic (exact) mass is 375 g/mol. The first kappa shape index (κ1) is 21.7. The van der Waals surface area contributed by atoms with Gasteiger partial charge in [-0.3, -0.25) is 9.05 Å². The Morgan fingerprint density at radius 1 is 1.24 bits per heavy atom. The van der Waals surface area contributed by atoms with Crippen LogP contribution < -0.4 is 0 Å². The van der Waals surface area contributed by atoms with Gasteiger partial charge in [0.2, 0.25) is 0 Å². The highest BCUT2D eigenvalue weighted by molar-refractivity contribution is 7.86. The lowest BCUT2D eigenvalue weighted by Gasteiger charge is -2.41. The smallest absolute Gasteiger partial charge is 0.306 e. The number of nitrogens with zero attached hydrogens (tertiary/aromatic N) is 1. The number of hydrogen-bond donors (Lipinski definition) is 0. The molecule has 0 saturated heterocycles. The molecule has 0 aliphatic heterocycles. The molecule has 140 valence electrons. The van der Waals surface area contributed by atoms with E-state index in [9.17, 15) is 8.60 Å². The zero-order valence-electron chi connectivity index (χ0n) is 14.9. The van der Waals surface area contributed by atoms with Crippen LogP contribution in [0.25, 0.3) is 4.85 Å². The first-order valence-electron chi connectivity index (χ1n) is 7.94. The summed E-state index contributed by atoms with van der Waals surface area (Å²) < 4.78 is 61.4. The van der Waals surface area contributed by atoms with E-state index in [0.717, 1.165) is 6.07 Å². The van der Waals surface area contributed by atoms with Gasteiger partial charge in [-0.15, -0.1) is 0 Å². The molecular formula is C18H24F3NO2S. The molecular weight excluding hydrogens is 351 g/mol. The second kappa shape index (κ2) is 8.33. The maximum Gasteiger partial charge on any atom is 0.318 e. The van der Waals surface area contributed by atoms with Crippen LogP contribution in [0, 0.1) is 12.4 Å². The van der Waals surface area contributed by atoms with Crippen molar-refractivity contribution in [2.75, 3.05) is 19.1 Å². The molecule has 0 aliphatic rings. The minimum absolute atomic E-state index is 0.121. The van der Waals surface area contributed by atoms with Crippen molar-refractivity contribution in [1.82, 2.24) is 0 Å². The summed E-state index contributed by atoms with van der Waals surface area (Å²) in [4.78, 5) is 2.90. The minimum atomic E-state index is -3.49. The van der Waals surface area contributed by atoms with Gasteiger partial charge in [-0.2, -0.15) is 0 Å². The zero-order chi connectivity index (χ0) is 19.3. The third kappa shape index (κ3) is 4.83. The van der Waals surface area contributed by atoms with Crippen molar-refractivity contribution in [2.24, 2.45) is 0 Å². The van der Waals surface area contributed by atoms with Crippen molar-refractivity contribution < 1.29 is 22.1 Å². The predicted octanol–water partition coefficient (Wildman–Crippen LogP) is 4.55. The first-order chi connectivity index (χ1) is 11.5. The van der Waals surface area contributed by atoms with Crippen molar-refractivity contribution in [2.45, 2.75) is 50.2 Å². The average molecular weight is 375 g/mol. The van der Waals surface area contributed by atoms with Gasteiger partial charge in [0.05, 0.1) is 5.41 Å². The summed E-state index contributed by atoms with van der Waals surface area (Å²) in [6.45, 7) is 11.7. The van der Waals surface area contributed by atoms with Crippen molar-refractivity contribution in [3.8, 4) is 0 Å². The molecule has 0 unspecified atom stereocenters. The molecule has 0 saturated carbocycles. The van der Waals surface area contributed by atoms with Gasteiger partial charge < -0.3 is 4.74 Å². The highest BCUT2D eigenvalue weighted by Gasteiger charge is 2.56. The van der Waals surface area contributed by atoms with Crippen molar-refractivity contribution in [3.63, 3.8) is 0 Å². The normalized spacial score (nSPS) is 16.1. The highest BCUT2D eigenvalue weighted by atomic mass is 32.2. The molecule has 3 nitrogen and oxygen atoms in total. The molecule has 0 radical (unpaired) electrons. The van der Waals surface area contributed by atoms with E-state index in [-0.39, 0.29) is 12.0 Å². The Bertz CT molecular complexity index is 652. The molecule has 0 bridgehead atoms. The summed E-state index contributed by atoms with van der Waals surface area (Å²) in [5, 5.41) is 0. The summed E-state index contributed by atoms with van der Waals surface area (Å²) in [6, 6.07) is 5.34. The summed E-state index contributed by atoms with van der Waals surface area (Å²) in [7, 11) is -1.63. The number of halogens is 3. The van der Waals surface area contributed by atoms with Crippen LogP contribution in [-0.2, 0) is 21.0 Å². The van der Waals surface area contributed by atoms with E-state index >= 15 is 8.78 Å². The molecule has 1 rings (SSSR count). The number of benzene rings is 1. The number of alkyl halides is 2. The van der Waals surface area contributed by atoms with E-state index in [1.807, 2.05) is 0 Å². The molecule has 0 aliphatic carbocycles. The molecule has 0 amide bonds. The maximum atomic E-state index is 15.2. The van der Waals surface area contributed by atoms with Crippen LogP contribution in [0.1, 0.15) is 39.7 Å². The summed E-state index contributed by atoms with van der Waals surface area (Å²) in [5.74, 6) is -4.65. The molecule has 0 heterocycles. The average Bonchev–Trinajstić information content (AvgIpc) is 2.52. The van der Waals surface area contributed by atoms with E-state index in [1.54, 1.807) is 20.8 Å². The Labute approximate surface area is 149 Å². The quantitative estimate of drug-likeness (QED) is 0.493. The molecule has 25 heavy (non-hydrogen) atoms. The molecule has 1 aromatic carbocycles. The Morgan fingerprint density at radius 2 is 1.84 bits per heavy atom. The van der Waals surface area contributed by atoms with Gasteiger partial charge in [-0.25, -0.2) is 19.7 Å². The zero-order valence-corrected chi connectivity index (χ0v) is 15.8. The Hall–Kier alpha value is -1.39. The highest BCUT2D eigenvalue weighted by Crippen LogP contribution is 2.45. The lowest BCUT2D eigenvalue weighted by atomic mass is 9.74. The van der Waals surface area contributed by atoms with Gasteiger partial charge in [0, 0.05) is 26.9 Å².